The molecule has 0 fully saturated rings. The lowest BCUT2D eigenvalue weighted by molar-refractivity contribution is -0.142. The third kappa shape index (κ3) is 3.35. The summed E-state index contributed by atoms with van der Waals surface area (Å²) in [7, 11) is 1.36. The summed E-state index contributed by atoms with van der Waals surface area (Å²) in [4.78, 5) is 11.2. The molecule has 0 saturated heterocycles. The third-order valence-corrected chi connectivity index (χ3v) is 3.72. The fourth-order valence-corrected chi connectivity index (χ4v) is 3.00. The molecule has 0 radical (unpaired) electrons. The van der Waals surface area contributed by atoms with Gasteiger partial charge < -0.3 is 4.74 Å². The summed E-state index contributed by atoms with van der Waals surface area (Å²) < 4.78 is 5.91. The molecule has 1 unspecified atom stereocenters. The van der Waals surface area contributed by atoms with Gasteiger partial charge in [-0.25, -0.2) is 0 Å². The zero-order chi connectivity index (χ0) is 12.3. The molecule has 0 spiro atoms. The average molecular weight is 282 g/mol. The molecule has 0 aromatic carbocycles. The third-order valence-electron chi connectivity index (χ3n) is 2.20. The number of hydrogen-bond donors (Lipinski definition) is 1. The number of carbonyl (C=O) groups excluding carboxylic acids is 1. The van der Waals surface area contributed by atoms with Gasteiger partial charge in [0.1, 0.15) is 6.04 Å². The van der Waals surface area contributed by atoms with Crippen LogP contribution in [-0.2, 0) is 9.53 Å². The van der Waals surface area contributed by atoms with Crippen LogP contribution < -0.4 is 5.32 Å². The van der Waals surface area contributed by atoms with E-state index >= 15 is 0 Å². The van der Waals surface area contributed by atoms with E-state index in [1.54, 1.807) is 13.0 Å². The Balaban J connectivity index is 2.68. The summed E-state index contributed by atoms with van der Waals surface area (Å²) in [5.74, 6) is -0.302. The first kappa shape index (κ1) is 13.8. The lowest BCUT2D eigenvalue weighted by Gasteiger charge is -2.17. The van der Waals surface area contributed by atoms with E-state index in [4.69, 9.17) is 23.2 Å². The molecule has 1 rings (SSSR count). The molecule has 0 bridgehead atoms. The molecular formula is C10H13Cl2NO2S. The number of thiophene rings is 1. The standard InChI is InChI=1S/C10H13Cl2NO2S/c1-5(13-6(2)10(14)15-3)7-4-8(11)16-9(7)12/h4-6,13H,1-3H3/t5?,6-/m0/s1. The van der Waals surface area contributed by atoms with Crippen LogP contribution in [0.2, 0.25) is 8.67 Å². The van der Waals surface area contributed by atoms with Gasteiger partial charge in [-0.1, -0.05) is 23.2 Å². The highest BCUT2D eigenvalue weighted by molar-refractivity contribution is 7.20. The van der Waals surface area contributed by atoms with E-state index in [1.807, 2.05) is 6.92 Å². The molecule has 0 amide bonds. The molecule has 0 aliphatic carbocycles. The lowest BCUT2D eigenvalue weighted by atomic mass is 10.1. The molecule has 0 aliphatic rings. The Morgan fingerprint density at radius 3 is 2.56 bits per heavy atom. The number of carbonyl (C=O) groups is 1. The van der Waals surface area contributed by atoms with Crippen molar-refractivity contribution in [1.29, 1.82) is 0 Å². The average Bonchev–Trinajstić information content (AvgIpc) is 2.56. The zero-order valence-electron chi connectivity index (χ0n) is 9.21. The van der Waals surface area contributed by atoms with Gasteiger partial charge in [-0.3, -0.25) is 10.1 Å². The van der Waals surface area contributed by atoms with Crippen LogP contribution >= 0.6 is 34.5 Å². The first-order valence-electron chi connectivity index (χ1n) is 4.74. The Hall–Kier alpha value is -0.290. The van der Waals surface area contributed by atoms with E-state index in [2.05, 4.69) is 10.1 Å². The highest BCUT2D eigenvalue weighted by Crippen LogP contribution is 2.34. The number of nitrogens with one attached hydrogen (secondary N) is 1. The van der Waals surface area contributed by atoms with Gasteiger partial charge in [0, 0.05) is 6.04 Å². The number of hydrogen-bond acceptors (Lipinski definition) is 4. The Bertz CT molecular complexity index is 381. The predicted molar refractivity (Wildman–Crippen MR) is 67.4 cm³/mol. The molecule has 90 valence electrons. The Morgan fingerprint density at radius 1 is 1.50 bits per heavy atom. The summed E-state index contributed by atoms with van der Waals surface area (Å²) in [6.45, 7) is 3.66. The first-order chi connectivity index (χ1) is 7.45. The van der Waals surface area contributed by atoms with E-state index < -0.39 is 0 Å². The van der Waals surface area contributed by atoms with E-state index in [9.17, 15) is 4.79 Å². The topological polar surface area (TPSA) is 38.3 Å². The van der Waals surface area contributed by atoms with Crippen LogP contribution in [0.4, 0.5) is 0 Å². The molecule has 16 heavy (non-hydrogen) atoms. The second-order valence-corrected chi connectivity index (χ2v) is 5.70. The maximum atomic E-state index is 11.2. The Kier molecular flexibility index (Phi) is 5.05. The normalized spacial score (nSPS) is 14.6. The van der Waals surface area contributed by atoms with Crippen molar-refractivity contribution in [1.82, 2.24) is 5.32 Å². The predicted octanol–water partition coefficient (Wildman–Crippen LogP) is 3.27. The van der Waals surface area contributed by atoms with Crippen molar-refractivity contribution in [3.05, 3.63) is 20.3 Å². The number of rotatable bonds is 4. The number of ether oxygens (including phenoxy) is 1. The molecule has 6 heteroatoms. The number of methoxy groups -OCH3 is 1. The summed E-state index contributed by atoms with van der Waals surface area (Å²) in [5, 5.41) is 3.09. The van der Waals surface area contributed by atoms with Crippen molar-refractivity contribution in [3.63, 3.8) is 0 Å². The molecule has 1 aromatic rings. The molecule has 0 saturated carbocycles. The Morgan fingerprint density at radius 2 is 2.12 bits per heavy atom. The minimum absolute atomic E-state index is 0.0506. The van der Waals surface area contributed by atoms with Crippen molar-refractivity contribution in [2.75, 3.05) is 7.11 Å². The van der Waals surface area contributed by atoms with Crippen LogP contribution in [0.25, 0.3) is 0 Å². The minimum Gasteiger partial charge on any atom is -0.468 e. The smallest absolute Gasteiger partial charge is 0.322 e. The molecule has 1 heterocycles. The van der Waals surface area contributed by atoms with Crippen LogP contribution in [0.5, 0.6) is 0 Å². The fourth-order valence-electron chi connectivity index (χ4n) is 1.36. The number of esters is 1. The van der Waals surface area contributed by atoms with E-state index in [0.717, 1.165) is 5.56 Å². The van der Waals surface area contributed by atoms with Crippen molar-refractivity contribution < 1.29 is 9.53 Å². The van der Waals surface area contributed by atoms with Crippen LogP contribution in [-0.4, -0.2) is 19.1 Å². The highest BCUT2D eigenvalue weighted by atomic mass is 35.5. The van der Waals surface area contributed by atoms with Crippen molar-refractivity contribution in [2.24, 2.45) is 0 Å². The van der Waals surface area contributed by atoms with Crippen LogP contribution in [0.1, 0.15) is 25.5 Å². The lowest BCUT2D eigenvalue weighted by Crippen LogP contribution is -2.36. The second kappa shape index (κ2) is 5.87. The van der Waals surface area contributed by atoms with Crippen molar-refractivity contribution in [2.45, 2.75) is 25.9 Å². The number of halogens is 2. The van der Waals surface area contributed by atoms with Gasteiger partial charge >= 0.3 is 5.97 Å². The molecule has 1 N–H and O–H groups in total. The van der Waals surface area contributed by atoms with Gasteiger partial charge in [-0.15, -0.1) is 11.3 Å². The molecule has 1 aromatic heterocycles. The summed E-state index contributed by atoms with van der Waals surface area (Å²) in [6.07, 6.45) is 0. The second-order valence-electron chi connectivity index (χ2n) is 3.41. The highest BCUT2D eigenvalue weighted by Gasteiger charge is 2.19. The van der Waals surface area contributed by atoms with Crippen LogP contribution in [0.3, 0.4) is 0 Å². The van der Waals surface area contributed by atoms with Crippen molar-refractivity contribution >= 4 is 40.5 Å². The van der Waals surface area contributed by atoms with Gasteiger partial charge in [0.2, 0.25) is 0 Å². The largest absolute Gasteiger partial charge is 0.468 e. The maximum absolute atomic E-state index is 11.2. The van der Waals surface area contributed by atoms with Gasteiger partial charge in [0.25, 0.3) is 0 Å². The molecular weight excluding hydrogens is 269 g/mol. The maximum Gasteiger partial charge on any atom is 0.322 e. The van der Waals surface area contributed by atoms with Gasteiger partial charge in [-0.05, 0) is 25.5 Å². The van der Waals surface area contributed by atoms with Gasteiger partial charge in [0.05, 0.1) is 15.8 Å². The van der Waals surface area contributed by atoms with Gasteiger partial charge in [-0.2, -0.15) is 0 Å². The molecule has 3 nitrogen and oxygen atoms in total. The fraction of sp³-hybridized carbons (Fsp3) is 0.500. The molecule has 2 atom stereocenters. The first-order valence-corrected chi connectivity index (χ1v) is 6.31. The minimum atomic E-state index is -0.380. The zero-order valence-corrected chi connectivity index (χ0v) is 11.5. The Labute approximate surface area is 109 Å². The van der Waals surface area contributed by atoms with Crippen LogP contribution in [0, 0.1) is 0 Å². The van der Waals surface area contributed by atoms with E-state index in [0.29, 0.717) is 8.67 Å². The monoisotopic (exact) mass is 281 g/mol. The molecule has 0 aliphatic heterocycles. The van der Waals surface area contributed by atoms with Gasteiger partial charge in [0.15, 0.2) is 0 Å². The quantitative estimate of drug-likeness (QED) is 0.861. The summed E-state index contributed by atoms with van der Waals surface area (Å²) in [6, 6.07) is 1.37. The summed E-state index contributed by atoms with van der Waals surface area (Å²) in [5.41, 5.74) is 0.896. The van der Waals surface area contributed by atoms with Crippen LogP contribution in [0.15, 0.2) is 6.07 Å². The SMILES string of the molecule is COC(=O)[C@H](C)NC(C)c1cc(Cl)sc1Cl. The summed E-state index contributed by atoms with van der Waals surface area (Å²) >= 11 is 13.2. The van der Waals surface area contributed by atoms with E-state index in [1.165, 1.54) is 18.4 Å². The van der Waals surface area contributed by atoms with E-state index in [-0.39, 0.29) is 18.1 Å². The van der Waals surface area contributed by atoms with Crippen molar-refractivity contribution in [3.8, 4) is 0 Å².